The third kappa shape index (κ3) is 4.51. The Morgan fingerprint density at radius 3 is 2.64 bits per heavy atom. The maximum absolute atomic E-state index is 11.9. The number of nitrogens with one attached hydrogen (secondary N) is 1. The van der Waals surface area contributed by atoms with Gasteiger partial charge in [0.25, 0.3) is 0 Å². The first-order chi connectivity index (χ1) is 15.9. The van der Waals surface area contributed by atoms with Crippen molar-refractivity contribution in [3.63, 3.8) is 0 Å². The van der Waals surface area contributed by atoms with Gasteiger partial charge in [-0.2, -0.15) is 10.4 Å². The third-order valence-corrected chi connectivity index (χ3v) is 6.87. The highest BCUT2D eigenvalue weighted by atomic mass is 16.5. The SMILES string of the molecule is COC(=O)C1CCC(c2cc3c(N[C@H](C)c4cccc(C#N)c4C)nnc(C)c3cn2)CC1. The van der Waals surface area contributed by atoms with Crippen LogP contribution in [0.1, 0.15) is 72.6 Å². The molecule has 0 unspecified atom stereocenters. The van der Waals surface area contributed by atoms with Crippen LogP contribution in [0, 0.1) is 31.1 Å². The van der Waals surface area contributed by atoms with Crippen LogP contribution < -0.4 is 5.32 Å². The Morgan fingerprint density at radius 2 is 1.94 bits per heavy atom. The first-order valence-electron chi connectivity index (χ1n) is 11.4. The van der Waals surface area contributed by atoms with Crippen LogP contribution in [0.15, 0.2) is 30.5 Å². The van der Waals surface area contributed by atoms with Gasteiger partial charge in [0.1, 0.15) is 0 Å². The van der Waals surface area contributed by atoms with Crippen molar-refractivity contribution in [2.24, 2.45) is 5.92 Å². The first-order valence-corrected chi connectivity index (χ1v) is 11.4. The molecule has 4 rings (SSSR count). The number of nitriles is 1. The van der Waals surface area contributed by atoms with Gasteiger partial charge in [0.2, 0.25) is 0 Å². The minimum Gasteiger partial charge on any atom is -0.469 e. The van der Waals surface area contributed by atoms with E-state index in [2.05, 4.69) is 34.6 Å². The average molecular weight is 444 g/mol. The monoisotopic (exact) mass is 443 g/mol. The summed E-state index contributed by atoms with van der Waals surface area (Å²) in [6.45, 7) is 5.97. The summed E-state index contributed by atoms with van der Waals surface area (Å²) < 4.78 is 4.92. The predicted octanol–water partition coefficient (Wildman–Crippen LogP) is 5.13. The Balaban J connectivity index is 1.63. The van der Waals surface area contributed by atoms with E-state index < -0.39 is 0 Å². The number of ether oxygens (including phenoxy) is 1. The number of aromatic nitrogens is 3. The number of hydrogen-bond acceptors (Lipinski definition) is 7. The Bertz CT molecular complexity index is 1230. The van der Waals surface area contributed by atoms with Gasteiger partial charge in [0, 0.05) is 28.6 Å². The largest absolute Gasteiger partial charge is 0.469 e. The molecular formula is C26H29N5O2. The Kier molecular flexibility index (Phi) is 6.55. The van der Waals surface area contributed by atoms with E-state index in [1.807, 2.05) is 38.2 Å². The van der Waals surface area contributed by atoms with Gasteiger partial charge >= 0.3 is 5.97 Å². The molecule has 0 saturated heterocycles. The number of benzene rings is 1. The van der Waals surface area contributed by atoms with Gasteiger partial charge in [-0.1, -0.05) is 12.1 Å². The maximum Gasteiger partial charge on any atom is 0.308 e. The molecule has 0 radical (unpaired) electrons. The number of esters is 1. The second-order valence-corrected chi connectivity index (χ2v) is 8.86. The van der Waals surface area contributed by atoms with Crippen molar-refractivity contribution in [3.05, 3.63) is 58.5 Å². The average Bonchev–Trinajstić information content (AvgIpc) is 2.85. The molecule has 2 aromatic heterocycles. The number of anilines is 1. The molecule has 0 bridgehead atoms. The summed E-state index contributed by atoms with van der Waals surface area (Å²) in [5, 5.41) is 23.6. The summed E-state index contributed by atoms with van der Waals surface area (Å²) in [5.74, 6) is 0.896. The lowest BCUT2D eigenvalue weighted by atomic mass is 9.80. The number of rotatable bonds is 5. The van der Waals surface area contributed by atoms with Crippen LogP contribution in [-0.4, -0.2) is 28.3 Å². The molecule has 3 aromatic rings. The molecule has 0 spiro atoms. The molecule has 170 valence electrons. The van der Waals surface area contributed by atoms with E-state index >= 15 is 0 Å². The summed E-state index contributed by atoms with van der Waals surface area (Å²) >= 11 is 0. The maximum atomic E-state index is 11.9. The lowest BCUT2D eigenvalue weighted by molar-refractivity contribution is -0.146. The molecule has 0 aliphatic heterocycles. The highest BCUT2D eigenvalue weighted by Gasteiger charge is 2.28. The quantitative estimate of drug-likeness (QED) is 0.545. The fourth-order valence-corrected chi connectivity index (χ4v) is 4.84. The molecule has 1 atom stereocenters. The van der Waals surface area contributed by atoms with E-state index in [0.717, 1.165) is 59.0 Å². The third-order valence-electron chi connectivity index (χ3n) is 6.87. The fourth-order valence-electron chi connectivity index (χ4n) is 4.84. The van der Waals surface area contributed by atoms with Crippen LogP contribution in [0.5, 0.6) is 0 Å². The van der Waals surface area contributed by atoms with Crippen molar-refractivity contribution in [2.75, 3.05) is 12.4 Å². The minimum absolute atomic E-state index is 0.00897. The van der Waals surface area contributed by atoms with Crippen molar-refractivity contribution in [2.45, 2.75) is 58.4 Å². The van der Waals surface area contributed by atoms with Crippen molar-refractivity contribution in [1.29, 1.82) is 5.26 Å². The number of nitrogens with zero attached hydrogens (tertiary/aromatic N) is 4. The predicted molar refractivity (Wildman–Crippen MR) is 127 cm³/mol. The normalized spacial score (nSPS) is 19.0. The second-order valence-electron chi connectivity index (χ2n) is 8.86. The van der Waals surface area contributed by atoms with Gasteiger partial charge in [0.05, 0.1) is 36.4 Å². The van der Waals surface area contributed by atoms with E-state index in [1.165, 1.54) is 7.11 Å². The lowest BCUT2D eigenvalue weighted by Crippen LogP contribution is -2.22. The van der Waals surface area contributed by atoms with Crippen molar-refractivity contribution in [3.8, 4) is 6.07 Å². The van der Waals surface area contributed by atoms with E-state index in [0.29, 0.717) is 17.3 Å². The van der Waals surface area contributed by atoms with Gasteiger partial charge in [-0.15, -0.1) is 5.10 Å². The Hall–Kier alpha value is -3.53. The molecule has 1 aromatic carbocycles. The number of hydrogen-bond donors (Lipinski definition) is 1. The van der Waals surface area contributed by atoms with Gasteiger partial charge < -0.3 is 10.1 Å². The molecule has 1 N–H and O–H groups in total. The van der Waals surface area contributed by atoms with Crippen molar-refractivity contribution in [1.82, 2.24) is 15.2 Å². The number of aryl methyl sites for hydroxylation is 1. The molecule has 0 amide bonds. The standard InChI is InChI=1S/C26H29N5O2/c1-15-20(13-27)6-5-7-21(15)16(2)29-25-22-12-24(28-14-23(22)17(3)30-31-25)18-8-10-19(11-9-18)26(32)33-4/h5-7,12,14,16,18-19H,8-11H2,1-4H3,(H,29,31)/t16-,18?,19?/m1/s1. The van der Waals surface area contributed by atoms with E-state index in [4.69, 9.17) is 9.72 Å². The van der Waals surface area contributed by atoms with Crippen LogP contribution in [0.3, 0.4) is 0 Å². The van der Waals surface area contributed by atoms with Crippen LogP contribution in [0.2, 0.25) is 0 Å². The lowest BCUT2D eigenvalue weighted by Gasteiger charge is -2.27. The Morgan fingerprint density at radius 1 is 1.18 bits per heavy atom. The van der Waals surface area contributed by atoms with Gasteiger partial charge in [0.15, 0.2) is 5.82 Å². The number of pyridine rings is 1. The van der Waals surface area contributed by atoms with E-state index in [-0.39, 0.29) is 17.9 Å². The zero-order chi connectivity index (χ0) is 23.5. The Labute approximate surface area is 194 Å². The van der Waals surface area contributed by atoms with E-state index in [9.17, 15) is 10.1 Å². The zero-order valence-corrected chi connectivity index (χ0v) is 19.6. The minimum atomic E-state index is -0.109. The summed E-state index contributed by atoms with van der Waals surface area (Å²) in [4.78, 5) is 16.6. The van der Waals surface area contributed by atoms with Gasteiger partial charge in [-0.25, -0.2) is 0 Å². The van der Waals surface area contributed by atoms with Gasteiger partial charge in [-0.05, 0) is 69.7 Å². The molecule has 7 heteroatoms. The van der Waals surface area contributed by atoms with Crippen LogP contribution >= 0.6 is 0 Å². The van der Waals surface area contributed by atoms with Crippen LogP contribution in [0.25, 0.3) is 10.8 Å². The molecule has 1 saturated carbocycles. The number of methoxy groups -OCH3 is 1. The number of fused-ring (bicyclic) bond motifs is 1. The molecule has 1 aliphatic carbocycles. The summed E-state index contributed by atoms with van der Waals surface area (Å²) in [7, 11) is 1.45. The topological polar surface area (TPSA) is 101 Å². The summed E-state index contributed by atoms with van der Waals surface area (Å²) in [5.41, 5.74) is 4.56. The summed E-state index contributed by atoms with van der Waals surface area (Å²) in [6.07, 6.45) is 5.35. The molecule has 1 aliphatic rings. The second kappa shape index (κ2) is 9.53. The highest BCUT2D eigenvalue weighted by molar-refractivity contribution is 5.92. The highest BCUT2D eigenvalue weighted by Crippen LogP contribution is 2.37. The summed E-state index contributed by atoms with van der Waals surface area (Å²) in [6, 6.07) is 10.1. The van der Waals surface area contributed by atoms with Crippen LogP contribution in [0.4, 0.5) is 5.82 Å². The van der Waals surface area contributed by atoms with Crippen molar-refractivity contribution < 1.29 is 9.53 Å². The molecule has 33 heavy (non-hydrogen) atoms. The molecular weight excluding hydrogens is 414 g/mol. The van der Waals surface area contributed by atoms with E-state index in [1.54, 1.807) is 0 Å². The van der Waals surface area contributed by atoms with Crippen LogP contribution in [-0.2, 0) is 9.53 Å². The molecule has 1 fully saturated rings. The van der Waals surface area contributed by atoms with Gasteiger partial charge in [-0.3, -0.25) is 9.78 Å². The first kappa shape index (κ1) is 22.7. The van der Waals surface area contributed by atoms with Crippen molar-refractivity contribution >= 4 is 22.6 Å². The number of carbonyl (C=O) groups is 1. The molecule has 2 heterocycles. The fraction of sp³-hybridized carbons (Fsp3) is 0.423. The number of carbonyl (C=O) groups excluding carboxylic acids is 1. The zero-order valence-electron chi connectivity index (χ0n) is 19.6. The molecule has 7 nitrogen and oxygen atoms in total. The smallest absolute Gasteiger partial charge is 0.308 e.